The van der Waals surface area contributed by atoms with Crippen molar-refractivity contribution in [1.29, 1.82) is 0 Å². The quantitative estimate of drug-likeness (QED) is 0.791. The molecular formula is C12H15O2. The van der Waals surface area contributed by atoms with Crippen LogP contribution < -0.4 is 4.74 Å². The van der Waals surface area contributed by atoms with Crippen LogP contribution in [0.3, 0.4) is 0 Å². The number of rotatable bonds is 4. The number of aliphatic hydroxyl groups excluding tert-OH is 1. The number of aliphatic hydroxyl groups is 1. The Morgan fingerprint density at radius 2 is 2.29 bits per heavy atom. The summed E-state index contributed by atoms with van der Waals surface area (Å²) in [5.41, 5.74) is 1.88. The molecule has 1 N–H and O–H groups in total. The number of ether oxygens (including phenoxy) is 1. The number of para-hydroxylation sites is 1. The van der Waals surface area contributed by atoms with Crippen LogP contribution in [-0.2, 0) is 0 Å². The van der Waals surface area contributed by atoms with E-state index in [1.54, 1.807) is 13.2 Å². The number of hydrogen-bond acceptors (Lipinski definition) is 2. The molecule has 14 heavy (non-hydrogen) atoms. The molecule has 1 aromatic carbocycles. The minimum absolute atomic E-state index is 0.0386. The second-order valence-electron chi connectivity index (χ2n) is 3.07. The largest absolute Gasteiger partial charge is 0.496 e. The molecule has 1 radical (unpaired) electrons. The Labute approximate surface area is 84.8 Å². The summed E-state index contributed by atoms with van der Waals surface area (Å²) in [7, 11) is 1.62. The van der Waals surface area contributed by atoms with E-state index in [2.05, 4.69) is 6.58 Å². The molecule has 0 aliphatic heterocycles. The van der Waals surface area contributed by atoms with Crippen LogP contribution in [0.2, 0.25) is 0 Å². The van der Waals surface area contributed by atoms with E-state index in [4.69, 9.17) is 9.84 Å². The zero-order valence-corrected chi connectivity index (χ0v) is 8.58. The van der Waals surface area contributed by atoms with Crippen LogP contribution in [0.5, 0.6) is 5.75 Å². The van der Waals surface area contributed by atoms with Crippen LogP contribution >= 0.6 is 0 Å². The molecule has 1 rings (SSSR count). The molecule has 0 aromatic heterocycles. The third-order valence-corrected chi connectivity index (χ3v) is 2.17. The lowest BCUT2D eigenvalue weighted by atomic mass is 9.98. The average molecular weight is 191 g/mol. The number of hydrogen-bond donors (Lipinski definition) is 1. The molecule has 1 aromatic rings. The van der Waals surface area contributed by atoms with Crippen molar-refractivity contribution >= 4 is 6.08 Å². The van der Waals surface area contributed by atoms with Crippen molar-refractivity contribution in [3.05, 3.63) is 41.8 Å². The lowest BCUT2D eigenvalue weighted by molar-refractivity contribution is 0.312. The predicted molar refractivity (Wildman–Crippen MR) is 58.2 cm³/mol. The third-order valence-electron chi connectivity index (χ3n) is 2.17. The molecule has 0 spiro atoms. The van der Waals surface area contributed by atoms with Gasteiger partial charge in [0.15, 0.2) is 0 Å². The van der Waals surface area contributed by atoms with Gasteiger partial charge in [0.05, 0.1) is 13.7 Å². The molecule has 2 heteroatoms. The second-order valence-corrected chi connectivity index (χ2v) is 3.07. The summed E-state index contributed by atoms with van der Waals surface area (Å²) in [6.45, 7) is 5.63. The van der Waals surface area contributed by atoms with Crippen LogP contribution in [0.15, 0.2) is 24.8 Å². The lowest BCUT2D eigenvalue weighted by Gasteiger charge is -2.14. The van der Waals surface area contributed by atoms with Crippen molar-refractivity contribution < 1.29 is 9.84 Å². The highest BCUT2D eigenvalue weighted by atomic mass is 16.5. The summed E-state index contributed by atoms with van der Waals surface area (Å²) in [4.78, 5) is 0. The van der Waals surface area contributed by atoms with E-state index in [0.717, 1.165) is 22.8 Å². The van der Waals surface area contributed by atoms with Crippen molar-refractivity contribution in [2.24, 2.45) is 0 Å². The van der Waals surface area contributed by atoms with Crippen LogP contribution in [0.1, 0.15) is 18.1 Å². The van der Waals surface area contributed by atoms with Gasteiger partial charge in [-0.2, -0.15) is 0 Å². The Kier molecular flexibility index (Phi) is 3.72. The minimum Gasteiger partial charge on any atom is -0.496 e. The highest BCUT2D eigenvalue weighted by Crippen LogP contribution is 2.29. The van der Waals surface area contributed by atoms with Gasteiger partial charge in [0, 0.05) is 17.0 Å². The molecular weight excluding hydrogens is 176 g/mol. The van der Waals surface area contributed by atoms with Gasteiger partial charge in [-0.1, -0.05) is 37.8 Å². The maximum Gasteiger partial charge on any atom is 0.129 e. The van der Waals surface area contributed by atoms with E-state index in [1.165, 1.54) is 0 Å². The highest BCUT2D eigenvalue weighted by Gasteiger charge is 2.12. The summed E-state index contributed by atoms with van der Waals surface area (Å²) in [5.74, 6) is 1.67. The maximum atomic E-state index is 9.05. The summed E-state index contributed by atoms with van der Waals surface area (Å²) < 4.78 is 5.29. The zero-order valence-electron chi connectivity index (χ0n) is 8.58. The van der Waals surface area contributed by atoms with Gasteiger partial charge >= 0.3 is 0 Å². The van der Waals surface area contributed by atoms with Crippen molar-refractivity contribution in [1.82, 2.24) is 0 Å². The summed E-state index contributed by atoms with van der Waals surface area (Å²) in [6.07, 6.45) is 1.74. The number of methoxy groups -OCH3 is 1. The fourth-order valence-corrected chi connectivity index (χ4v) is 1.36. The van der Waals surface area contributed by atoms with Gasteiger partial charge in [-0.05, 0) is 0 Å². The molecule has 0 aliphatic carbocycles. The van der Waals surface area contributed by atoms with Crippen molar-refractivity contribution in [2.45, 2.75) is 6.92 Å². The molecule has 0 unspecified atom stereocenters. The Morgan fingerprint density at radius 1 is 1.57 bits per heavy atom. The standard InChI is InChI=1S/C12H15O2/c1-4-10-6-5-7-11(9(2)8-13)12(10)14-3/h4-7,13H,1,8H2,2-3H3. The van der Waals surface area contributed by atoms with Gasteiger partial charge in [-0.25, -0.2) is 0 Å². The van der Waals surface area contributed by atoms with Crippen LogP contribution in [-0.4, -0.2) is 18.8 Å². The maximum absolute atomic E-state index is 9.05. The first-order chi connectivity index (χ1) is 6.74. The summed E-state index contributed by atoms with van der Waals surface area (Å²) in [5, 5.41) is 9.05. The Bertz CT molecular complexity index is 318. The van der Waals surface area contributed by atoms with Gasteiger partial charge in [-0.15, -0.1) is 0 Å². The second kappa shape index (κ2) is 4.82. The van der Waals surface area contributed by atoms with E-state index in [1.807, 2.05) is 25.1 Å². The minimum atomic E-state index is 0.0386. The molecule has 0 fully saturated rings. The van der Waals surface area contributed by atoms with E-state index in [-0.39, 0.29) is 6.61 Å². The molecule has 0 saturated heterocycles. The Hall–Kier alpha value is -1.28. The zero-order chi connectivity index (χ0) is 10.6. The van der Waals surface area contributed by atoms with Gasteiger partial charge in [0.1, 0.15) is 5.75 Å². The van der Waals surface area contributed by atoms with Crippen LogP contribution in [0.4, 0.5) is 0 Å². The van der Waals surface area contributed by atoms with E-state index in [0.29, 0.717) is 0 Å². The SMILES string of the molecule is C=Cc1cccc([C](C)CO)c1OC. The van der Waals surface area contributed by atoms with Gasteiger partial charge in [-0.3, -0.25) is 0 Å². The summed E-state index contributed by atoms with van der Waals surface area (Å²) in [6, 6.07) is 5.78. The molecule has 75 valence electrons. The third kappa shape index (κ3) is 1.96. The van der Waals surface area contributed by atoms with Gasteiger partial charge in [0.2, 0.25) is 0 Å². The fraction of sp³-hybridized carbons (Fsp3) is 0.250. The van der Waals surface area contributed by atoms with Gasteiger partial charge in [0.25, 0.3) is 0 Å². The van der Waals surface area contributed by atoms with E-state index >= 15 is 0 Å². The molecule has 2 nitrogen and oxygen atoms in total. The molecule has 0 bridgehead atoms. The predicted octanol–water partition coefficient (Wildman–Crippen LogP) is 2.27. The molecule has 0 aliphatic rings. The fourth-order valence-electron chi connectivity index (χ4n) is 1.36. The highest BCUT2D eigenvalue weighted by molar-refractivity contribution is 5.61. The monoisotopic (exact) mass is 191 g/mol. The van der Waals surface area contributed by atoms with E-state index < -0.39 is 0 Å². The molecule has 0 heterocycles. The average Bonchev–Trinajstić information content (AvgIpc) is 2.26. The first-order valence-corrected chi connectivity index (χ1v) is 4.47. The van der Waals surface area contributed by atoms with Crippen LogP contribution in [0.25, 0.3) is 6.08 Å². The lowest BCUT2D eigenvalue weighted by Crippen LogP contribution is -2.03. The smallest absolute Gasteiger partial charge is 0.129 e. The van der Waals surface area contributed by atoms with Crippen molar-refractivity contribution in [2.75, 3.05) is 13.7 Å². The normalized spacial score (nSPS) is 10.3. The van der Waals surface area contributed by atoms with Crippen molar-refractivity contribution in [3.63, 3.8) is 0 Å². The molecule has 0 amide bonds. The summed E-state index contributed by atoms with van der Waals surface area (Å²) >= 11 is 0. The first-order valence-electron chi connectivity index (χ1n) is 4.47. The Morgan fingerprint density at radius 3 is 2.79 bits per heavy atom. The van der Waals surface area contributed by atoms with Crippen LogP contribution in [0, 0.1) is 5.92 Å². The number of benzene rings is 1. The Balaban J connectivity index is 3.21. The molecule has 0 atom stereocenters. The molecule has 0 saturated carbocycles. The topological polar surface area (TPSA) is 29.5 Å². The van der Waals surface area contributed by atoms with E-state index in [9.17, 15) is 0 Å². The van der Waals surface area contributed by atoms with Crippen molar-refractivity contribution in [3.8, 4) is 5.75 Å². The first kappa shape index (κ1) is 10.8. The van der Waals surface area contributed by atoms with Gasteiger partial charge < -0.3 is 9.84 Å².